The number of nitrogens with one attached hydrogen (secondary N) is 2. The Labute approximate surface area is 122 Å². The van der Waals surface area contributed by atoms with Gasteiger partial charge in [-0.05, 0) is 49.8 Å². The topological polar surface area (TPSA) is 78.4 Å². The number of hydrogen-bond acceptors (Lipinski definition) is 3. The largest absolute Gasteiger partial charge is 0.393 e. The van der Waals surface area contributed by atoms with Crippen LogP contribution in [0, 0.1) is 18.7 Å². The number of aliphatic hydroxyl groups excluding tert-OH is 1. The smallest absolute Gasteiger partial charge is 0.313 e. The fourth-order valence-corrected chi connectivity index (χ4v) is 1.99. The van der Waals surface area contributed by atoms with Crippen LogP contribution in [0.25, 0.3) is 0 Å². The number of hydrogen-bond donors (Lipinski definition) is 3. The van der Waals surface area contributed by atoms with Crippen molar-refractivity contribution >= 4 is 17.5 Å². The first kappa shape index (κ1) is 15.4. The van der Waals surface area contributed by atoms with Crippen molar-refractivity contribution in [2.24, 2.45) is 5.92 Å². The van der Waals surface area contributed by atoms with Gasteiger partial charge in [-0.15, -0.1) is 0 Å². The molecule has 0 aliphatic heterocycles. The van der Waals surface area contributed by atoms with E-state index in [0.29, 0.717) is 17.9 Å². The maximum Gasteiger partial charge on any atom is 0.313 e. The fourth-order valence-electron chi connectivity index (χ4n) is 1.99. The Morgan fingerprint density at radius 3 is 2.71 bits per heavy atom. The summed E-state index contributed by atoms with van der Waals surface area (Å²) in [6.07, 6.45) is 2.06. The van der Waals surface area contributed by atoms with E-state index in [-0.39, 0.29) is 12.2 Å². The van der Waals surface area contributed by atoms with Gasteiger partial charge in [-0.1, -0.05) is 6.07 Å². The van der Waals surface area contributed by atoms with Crippen molar-refractivity contribution in [3.8, 4) is 0 Å². The van der Waals surface area contributed by atoms with Gasteiger partial charge in [-0.25, -0.2) is 4.39 Å². The second kappa shape index (κ2) is 6.67. The van der Waals surface area contributed by atoms with Crippen LogP contribution in [0.15, 0.2) is 18.2 Å². The van der Waals surface area contributed by atoms with Crippen LogP contribution in [-0.4, -0.2) is 29.6 Å². The Morgan fingerprint density at radius 1 is 1.38 bits per heavy atom. The van der Waals surface area contributed by atoms with Gasteiger partial charge in [0.1, 0.15) is 5.82 Å². The van der Waals surface area contributed by atoms with Crippen molar-refractivity contribution < 1.29 is 19.1 Å². The summed E-state index contributed by atoms with van der Waals surface area (Å²) in [6, 6.07) is 4.21. The number of benzene rings is 1. The molecule has 1 saturated carbocycles. The van der Waals surface area contributed by atoms with Crippen LogP contribution in [0.2, 0.25) is 0 Å². The number of aryl methyl sites for hydroxylation is 1. The first-order valence-electron chi connectivity index (χ1n) is 7.01. The van der Waals surface area contributed by atoms with E-state index < -0.39 is 23.7 Å². The molecule has 114 valence electrons. The van der Waals surface area contributed by atoms with Crippen LogP contribution < -0.4 is 10.6 Å². The van der Waals surface area contributed by atoms with Crippen LogP contribution in [0.5, 0.6) is 0 Å². The second-order valence-electron chi connectivity index (χ2n) is 5.37. The lowest BCUT2D eigenvalue weighted by atomic mass is 10.1. The summed E-state index contributed by atoms with van der Waals surface area (Å²) < 4.78 is 13.3. The van der Waals surface area contributed by atoms with Crippen LogP contribution in [-0.2, 0) is 9.59 Å². The molecule has 1 fully saturated rings. The van der Waals surface area contributed by atoms with E-state index in [2.05, 4.69) is 10.6 Å². The summed E-state index contributed by atoms with van der Waals surface area (Å²) in [6.45, 7) is 1.85. The molecule has 5 nitrogen and oxygen atoms in total. The number of carbonyl (C=O) groups excluding carboxylic acids is 2. The highest BCUT2D eigenvalue weighted by Gasteiger charge is 2.29. The number of rotatable bonds is 5. The molecular weight excluding hydrogens is 275 g/mol. The SMILES string of the molecule is Cc1ccc(NC(=O)C(=O)NCCC(O)C2CC2)cc1F. The minimum absolute atomic E-state index is 0.233. The predicted octanol–water partition coefficient (Wildman–Crippen LogP) is 1.35. The van der Waals surface area contributed by atoms with Crippen LogP contribution >= 0.6 is 0 Å². The van der Waals surface area contributed by atoms with Crippen molar-refractivity contribution in [3.63, 3.8) is 0 Å². The monoisotopic (exact) mass is 294 g/mol. The standard InChI is InChI=1S/C15H19FN2O3/c1-9-2-5-11(8-12(9)16)18-15(21)14(20)17-7-6-13(19)10-3-4-10/h2,5,8,10,13,19H,3-4,6-7H2,1H3,(H,17,20)(H,18,21). The van der Waals surface area contributed by atoms with Gasteiger partial charge in [0.25, 0.3) is 0 Å². The number of halogens is 1. The van der Waals surface area contributed by atoms with Gasteiger partial charge in [-0.2, -0.15) is 0 Å². The molecule has 0 bridgehead atoms. The van der Waals surface area contributed by atoms with Gasteiger partial charge in [0.15, 0.2) is 0 Å². The highest BCUT2D eigenvalue weighted by molar-refractivity contribution is 6.39. The molecule has 0 radical (unpaired) electrons. The lowest BCUT2D eigenvalue weighted by Gasteiger charge is -2.10. The van der Waals surface area contributed by atoms with Crippen molar-refractivity contribution in [2.75, 3.05) is 11.9 Å². The molecule has 1 aromatic rings. The normalized spacial score (nSPS) is 15.4. The van der Waals surface area contributed by atoms with Gasteiger partial charge in [0.2, 0.25) is 0 Å². The van der Waals surface area contributed by atoms with Gasteiger partial charge >= 0.3 is 11.8 Å². The van der Waals surface area contributed by atoms with Crippen molar-refractivity contribution in [3.05, 3.63) is 29.6 Å². The van der Waals surface area contributed by atoms with Gasteiger partial charge < -0.3 is 15.7 Å². The molecule has 0 saturated heterocycles. The minimum Gasteiger partial charge on any atom is -0.393 e. The molecule has 0 aromatic heterocycles. The molecule has 3 N–H and O–H groups in total. The molecule has 6 heteroatoms. The summed E-state index contributed by atoms with van der Waals surface area (Å²) in [5.41, 5.74) is 0.697. The maximum atomic E-state index is 13.3. The summed E-state index contributed by atoms with van der Waals surface area (Å²) in [5.74, 6) is -1.75. The highest BCUT2D eigenvalue weighted by atomic mass is 19.1. The Balaban J connectivity index is 1.76. The summed E-state index contributed by atoms with van der Waals surface area (Å²) >= 11 is 0. The fraction of sp³-hybridized carbons (Fsp3) is 0.467. The van der Waals surface area contributed by atoms with Crippen molar-refractivity contribution in [1.29, 1.82) is 0 Å². The van der Waals surface area contributed by atoms with Gasteiger partial charge in [0.05, 0.1) is 6.10 Å². The Morgan fingerprint density at radius 2 is 2.10 bits per heavy atom. The van der Waals surface area contributed by atoms with E-state index in [0.717, 1.165) is 18.9 Å². The lowest BCUT2D eigenvalue weighted by Crippen LogP contribution is -2.37. The zero-order valence-electron chi connectivity index (χ0n) is 11.9. The van der Waals surface area contributed by atoms with Gasteiger partial charge in [-0.3, -0.25) is 9.59 Å². The Hall–Kier alpha value is -1.95. The summed E-state index contributed by atoms with van der Waals surface area (Å²) in [4.78, 5) is 23.2. The van der Waals surface area contributed by atoms with Crippen LogP contribution in [0.3, 0.4) is 0 Å². The molecule has 1 unspecified atom stereocenters. The van der Waals surface area contributed by atoms with E-state index in [9.17, 15) is 19.1 Å². The van der Waals surface area contributed by atoms with E-state index in [1.807, 2.05) is 0 Å². The summed E-state index contributed by atoms with van der Waals surface area (Å²) in [7, 11) is 0. The highest BCUT2D eigenvalue weighted by Crippen LogP contribution is 2.33. The molecule has 1 aliphatic carbocycles. The number of anilines is 1. The molecular formula is C15H19FN2O3. The Kier molecular flexibility index (Phi) is 4.90. The van der Waals surface area contributed by atoms with Crippen LogP contribution in [0.4, 0.5) is 10.1 Å². The van der Waals surface area contributed by atoms with Crippen molar-refractivity contribution in [2.45, 2.75) is 32.3 Å². The zero-order chi connectivity index (χ0) is 15.4. The minimum atomic E-state index is -0.848. The Bertz CT molecular complexity index is 544. The lowest BCUT2D eigenvalue weighted by molar-refractivity contribution is -0.136. The summed E-state index contributed by atoms with van der Waals surface area (Å²) in [5, 5.41) is 14.4. The molecule has 2 amide bonds. The third-order valence-electron chi connectivity index (χ3n) is 3.53. The number of amides is 2. The van der Waals surface area contributed by atoms with E-state index in [1.165, 1.54) is 12.1 Å². The first-order chi connectivity index (χ1) is 9.97. The average Bonchev–Trinajstić information content (AvgIpc) is 3.27. The van der Waals surface area contributed by atoms with Crippen molar-refractivity contribution in [1.82, 2.24) is 5.32 Å². The second-order valence-corrected chi connectivity index (χ2v) is 5.37. The average molecular weight is 294 g/mol. The third kappa shape index (κ3) is 4.53. The molecule has 21 heavy (non-hydrogen) atoms. The molecule has 1 aromatic carbocycles. The van der Waals surface area contributed by atoms with Crippen LogP contribution in [0.1, 0.15) is 24.8 Å². The van der Waals surface area contributed by atoms with E-state index in [1.54, 1.807) is 6.92 Å². The quantitative estimate of drug-likeness (QED) is 0.717. The number of carbonyl (C=O) groups is 2. The first-order valence-corrected chi connectivity index (χ1v) is 7.01. The van der Waals surface area contributed by atoms with E-state index in [4.69, 9.17) is 0 Å². The molecule has 0 heterocycles. The predicted molar refractivity (Wildman–Crippen MR) is 76.1 cm³/mol. The third-order valence-corrected chi connectivity index (χ3v) is 3.53. The number of aliphatic hydroxyl groups is 1. The molecule has 0 spiro atoms. The zero-order valence-corrected chi connectivity index (χ0v) is 11.9. The molecule has 1 aliphatic rings. The van der Waals surface area contributed by atoms with Gasteiger partial charge in [0, 0.05) is 12.2 Å². The molecule has 1 atom stereocenters. The molecule has 2 rings (SSSR count). The maximum absolute atomic E-state index is 13.3. The van der Waals surface area contributed by atoms with E-state index >= 15 is 0 Å².